The highest BCUT2D eigenvalue weighted by molar-refractivity contribution is 7.21. The van der Waals surface area contributed by atoms with Gasteiger partial charge in [-0.3, -0.25) is 0 Å². The Kier molecular flexibility index (Phi) is 5.31. The number of hydrogen-bond acceptors (Lipinski definition) is 3. The zero-order chi connectivity index (χ0) is 15.4. The van der Waals surface area contributed by atoms with E-state index in [1.54, 1.807) is 12.1 Å². The molecule has 3 nitrogen and oxygen atoms in total. The topological polar surface area (TPSA) is 40.5 Å². The summed E-state index contributed by atoms with van der Waals surface area (Å²) in [6.07, 6.45) is 3.36. The zero-order valence-corrected chi connectivity index (χ0v) is 13.2. The van der Waals surface area contributed by atoms with Gasteiger partial charge in [0.1, 0.15) is 10.7 Å². The average Bonchev–Trinajstić information content (AvgIpc) is 2.79. The first-order valence-electron chi connectivity index (χ1n) is 7.16. The van der Waals surface area contributed by atoms with E-state index in [-0.39, 0.29) is 10.7 Å². The molecule has 0 aliphatic heterocycles. The van der Waals surface area contributed by atoms with E-state index >= 15 is 0 Å². The van der Waals surface area contributed by atoms with Gasteiger partial charge in [0.2, 0.25) is 0 Å². The van der Waals surface area contributed by atoms with Gasteiger partial charge in [-0.25, -0.2) is 9.18 Å². The molecule has 1 aromatic heterocycles. The Morgan fingerprint density at radius 2 is 2.14 bits per heavy atom. The van der Waals surface area contributed by atoms with Gasteiger partial charge in [0.15, 0.2) is 0 Å². The summed E-state index contributed by atoms with van der Waals surface area (Å²) in [5, 5.41) is 9.81. The van der Waals surface area contributed by atoms with Gasteiger partial charge in [0.05, 0.1) is 0 Å². The number of carbonyl (C=O) groups is 1. The number of unbranched alkanes of at least 4 members (excludes halogenated alkanes) is 2. The highest BCUT2D eigenvalue weighted by atomic mass is 32.1. The fraction of sp³-hybridized carbons (Fsp3) is 0.438. The van der Waals surface area contributed by atoms with E-state index in [2.05, 4.69) is 11.8 Å². The molecule has 114 valence electrons. The lowest BCUT2D eigenvalue weighted by Gasteiger charge is -2.16. The van der Waals surface area contributed by atoms with E-state index in [4.69, 9.17) is 0 Å². The number of thiophene rings is 1. The molecule has 1 aromatic carbocycles. The van der Waals surface area contributed by atoms with Gasteiger partial charge in [0, 0.05) is 22.2 Å². The van der Waals surface area contributed by atoms with Gasteiger partial charge in [-0.2, -0.15) is 0 Å². The molecular weight excluding hydrogens is 289 g/mol. The fourth-order valence-electron chi connectivity index (χ4n) is 2.47. The van der Waals surface area contributed by atoms with Gasteiger partial charge in [0.25, 0.3) is 0 Å². The SMILES string of the molecule is CCCCCN(C)Cc1c(C(=O)O)sc2cccc(F)c12. The van der Waals surface area contributed by atoms with Crippen molar-refractivity contribution in [3.05, 3.63) is 34.5 Å². The van der Waals surface area contributed by atoms with Crippen LogP contribution in [0.5, 0.6) is 0 Å². The Hall–Kier alpha value is -1.46. The highest BCUT2D eigenvalue weighted by Gasteiger charge is 2.20. The van der Waals surface area contributed by atoms with Crippen molar-refractivity contribution < 1.29 is 14.3 Å². The lowest BCUT2D eigenvalue weighted by atomic mass is 10.1. The number of rotatable bonds is 7. The maximum Gasteiger partial charge on any atom is 0.346 e. The number of aromatic carboxylic acids is 1. The van der Waals surface area contributed by atoms with Crippen molar-refractivity contribution in [1.82, 2.24) is 4.90 Å². The Bertz CT molecular complexity index is 638. The molecular formula is C16H20FNO2S. The fourth-order valence-corrected chi connectivity index (χ4v) is 3.54. The lowest BCUT2D eigenvalue weighted by molar-refractivity contribution is 0.0700. The van der Waals surface area contributed by atoms with Crippen LogP contribution in [0.25, 0.3) is 10.1 Å². The predicted molar refractivity (Wildman–Crippen MR) is 84.6 cm³/mol. The second-order valence-corrected chi connectivity index (χ2v) is 6.32. The Balaban J connectivity index is 2.32. The van der Waals surface area contributed by atoms with Crippen LogP contribution in [0.3, 0.4) is 0 Å². The van der Waals surface area contributed by atoms with Crippen molar-refractivity contribution in [2.75, 3.05) is 13.6 Å². The molecule has 0 aliphatic carbocycles. The number of benzene rings is 1. The monoisotopic (exact) mass is 309 g/mol. The molecule has 0 unspecified atom stereocenters. The van der Waals surface area contributed by atoms with E-state index in [0.717, 1.165) is 37.1 Å². The molecule has 5 heteroatoms. The van der Waals surface area contributed by atoms with E-state index in [0.29, 0.717) is 22.2 Å². The maximum absolute atomic E-state index is 14.1. The molecule has 0 fully saturated rings. The Morgan fingerprint density at radius 3 is 2.81 bits per heavy atom. The van der Waals surface area contributed by atoms with Crippen molar-refractivity contribution in [3.63, 3.8) is 0 Å². The van der Waals surface area contributed by atoms with Gasteiger partial charge in [-0.15, -0.1) is 11.3 Å². The largest absolute Gasteiger partial charge is 0.477 e. The molecule has 0 bridgehead atoms. The third-order valence-electron chi connectivity index (χ3n) is 3.53. The lowest BCUT2D eigenvalue weighted by Crippen LogP contribution is -2.20. The maximum atomic E-state index is 14.1. The number of carboxylic acid groups (broad SMARTS) is 1. The first-order valence-corrected chi connectivity index (χ1v) is 7.98. The van der Waals surface area contributed by atoms with Crippen LogP contribution in [0.4, 0.5) is 4.39 Å². The molecule has 0 saturated carbocycles. The molecule has 0 saturated heterocycles. The molecule has 0 radical (unpaired) electrons. The molecule has 1 heterocycles. The Labute approximate surface area is 128 Å². The third-order valence-corrected chi connectivity index (χ3v) is 4.71. The predicted octanol–water partition coefficient (Wildman–Crippen LogP) is 4.36. The number of carboxylic acids is 1. The van der Waals surface area contributed by atoms with Crippen LogP contribution >= 0.6 is 11.3 Å². The first-order chi connectivity index (χ1) is 10.0. The summed E-state index contributed by atoms with van der Waals surface area (Å²) >= 11 is 1.15. The van der Waals surface area contributed by atoms with E-state index in [9.17, 15) is 14.3 Å². The van der Waals surface area contributed by atoms with E-state index in [1.807, 2.05) is 7.05 Å². The van der Waals surface area contributed by atoms with Crippen LogP contribution in [-0.2, 0) is 6.54 Å². The summed E-state index contributed by atoms with van der Waals surface area (Å²) < 4.78 is 14.8. The minimum atomic E-state index is -0.979. The molecule has 0 atom stereocenters. The van der Waals surface area contributed by atoms with E-state index < -0.39 is 5.97 Å². The van der Waals surface area contributed by atoms with Crippen molar-refractivity contribution in [2.45, 2.75) is 32.7 Å². The number of halogens is 1. The van der Waals surface area contributed by atoms with Crippen molar-refractivity contribution >= 4 is 27.4 Å². The molecule has 0 spiro atoms. The second-order valence-electron chi connectivity index (χ2n) is 5.27. The van der Waals surface area contributed by atoms with Crippen molar-refractivity contribution in [1.29, 1.82) is 0 Å². The molecule has 1 N–H and O–H groups in total. The summed E-state index contributed by atoms with van der Waals surface area (Å²) in [4.78, 5) is 13.7. The average molecular weight is 309 g/mol. The quantitative estimate of drug-likeness (QED) is 0.773. The second kappa shape index (κ2) is 7.00. The summed E-state index contributed by atoms with van der Waals surface area (Å²) in [5.41, 5.74) is 0.597. The van der Waals surface area contributed by atoms with Crippen LogP contribution in [0.2, 0.25) is 0 Å². The number of hydrogen-bond donors (Lipinski definition) is 1. The molecule has 0 amide bonds. The number of fused-ring (bicyclic) bond motifs is 1. The normalized spacial score (nSPS) is 11.4. The third kappa shape index (κ3) is 3.60. The number of nitrogens with zero attached hydrogens (tertiary/aromatic N) is 1. The Morgan fingerprint density at radius 1 is 1.38 bits per heavy atom. The molecule has 2 rings (SSSR count). The van der Waals surface area contributed by atoms with Crippen LogP contribution in [-0.4, -0.2) is 29.6 Å². The molecule has 0 aliphatic rings. The summed E-state index contributed by atoms with van der Waals surface area (Å²) in [6.45, 7) is 3.50. The molecule has 21 heavy (non-hydrogen) atoms. The van der Waals surface area contributed by atoms with Gasteiger partial charge < -0.3 is 10.0 Å². The minimum Gasteiger partial charge on any atom is -0.477 e. The van der Waals surface area contributed by atoms with Gasteiger partial charge in [-0.05, 0) is 32.1 Å². The minimum absolute atomic E-state index is 0.248. The smallest absolute Gasteiger partial charge is 0.346 e. The zero-order valence-electron chi connectivity index (χ0n) is 12.4. The van der Waals surface area contributed by atoms with Gasteiger partial charge in [-0.1, -0.05) is 25.8 Å². The van der Waals surface area contributed by atoms with Gasteiger partial charge >= 0.3 is 5.97 Å². The van der Waals surface area contributed by atoms with Crippen LogP contribution < -0.4 is 0 Å². The van der Waals surface area contributed by atoms with Crippen molar-refractivity contribution in [2.24, 2.45) is 0 Å². The summed E-state index contributed by atoms with van der Waals surface area (Å²) in [7, 11) is 1.95. The first kappa shape index (κ1) is 15.9. The van der Waals surface area contributed by atoms with Crippen LogP contribution in [0, 0.1) is 5.82 Å². The summed E-state index contributed by atoms with van der Waals surface area (Å²) in [5.74, 6) is -1.32. The van der Waals surface area contributed by atoms with E-state index in [1.165, 1.54) is 6.07 Å². The standard InChI is InChI=1S/C16H20FNO2S/c1-3-4-5-9-18(2)10-11-14-12(17)7-6-8-13(14)21-15(11)16(19)20/h6-8H,3-5,9-10H2,1-2H3,(H,19,20). The summed E-state index contributed by atoms with van der Waals surface area (Å²) in [6, 6.07) is 4.78. The van der Waals surface area contributed by atoms with Crippen LogP contribution in [0.15, 0.2) is 18.2 Å². The molecule has 2 aromatic rings. The van der Waals surface area contributed by atoms with Crippen molar-refractivity contribution in [3.8, 4) is 0 Å². The van der Waals surface area contributed by atoms with Crippen LogP contribution in [0.1, 0.15) is 41.4 Å². The highest BCUT2D eigenvalue weighted by Crippen LogP contribution is 2.34.